The standard InChI is InChI=1S/C16H18ClNO/c1-14(2)6-4-12(13(19)10-14)5-7-15(3)8-9-16(15,17)11-18/h4H,6,8-10H2,1-3H3/t15-,16+/m0/s1. The fraction of sp³-hybridized carbons (Fsp3) is 0.625. The lowest BCUT2D eigenvalue weighted by atomic mass is 9.61. The van der Waals surface area contributed by atoms with Gasteiger partial charge < -0.3 is 0 Å². The number of hydrogen-bond donors (Lipinski definition) is 0. The Kier molecular flexibility index (Phi) is 3.28. The van der Waals surface area contributed by atoms with E-state index in [0.29, 0.717) is 18.4 Å². The lowest BCUT2D eigenvalue weighted by molar-refractivity contribution is -0.117. The Labute approximate surface area is 119 Å². The summed E-state index contributed by atoms with van der Waals surface area (Å²) in [4.78, 5) is 11.1. The quantitative estimate of drug-likeness (QED) is 0.501. The van der Waals surface area contributed by atoms with Gasteiger partial charge in [-0.15, -0.1) is 11.6 Å². The van der Waals surface area contributed by atoms with Gasteiger partial charge in [-0.2, -0.15) is 5.26 Å². The van der Waals surface area contributed by atoms with Crippen molar-refractivity contribution in [2.45, 2.75) is 51.3 Å². The summed E-state index contributed by atoms with van der Waals surface area (Å²) in [5.74, 6) is 6.14. The summed E-state index contributed by atoms with van der Waals surface area (Å²) < 4.78 is 0. The van der Waals surface area contributed by atoms with E-state index in [4.69, 9.17) is 16.9 Å². The van der Waals surface area contributed by atoms with Gasteiger partial charge >= 0.3 is 0 Å². The number of nitriles is 1. The zero-order valence-electron chi connectivity index (χ0n) is 11.6. The minimum Gasteiger partial charge on any atom is -0.293 e. The summed E-state index contributed by atoms with van der Waals surface area (Å²) in [5, 5.41) is 9.11. The van der Waals surface area contributed by atoms with Crippen LogP contribution >= 0.6 is 11.6 Å². The van der Waals surface area contributed by atoms with Crippen molar-refractivity contribution in [2.75, 3.05) is 0 Å². The second kappa shape index (κ2) is 4.39. The molecule has 2 rings (SSSR count). The van der Waals surface area contributed by atoms with E-state index in [2.05, 4.69) is 31.8 Å². The van der Waals surface area contributed by atoms with Crippen LogP contribution in [-0.2, 0) is 4.79 Å². The first-order valence-electron chi connectivity index (χ1n) is 6.58. The molecule has 0 radical (unpaired) electrons. The molecule has 0 amide bonds. The highest BCUT2D eigenvalue weighted by Crippen LogP contribution is 2.53. The number of allylic oxidation sites excluding steroid dienone is 2. The van der Waals surface area contributed by atoms with Gasteiger partial charge in [0.2, 0.25) is 0 Å². The number of hydrogen-bond acceptors (Lipinski definition) is 2. The highest BCUT2D eigenvalue weighted by atomic mass is 35.5. The summed E-state index contributed by atoms with van der Waals surface area (Å²) in [6.07, 6.45) is 4.79. The Morgan fingerprint density at radius 3 is 2.47 bits per heavy atom. The highest BCUT2D eigenvalue weighted by molar-refractivity contribution is 6.27. The Morgan fingerprint density at radius 2 is 2.00 bits per heavy atom. The SMILES string of the molecule is CC1(C)CC=C(C#C[C@@]2(C)CC[C@@]2(Cl)C#N)C(=O)C1. The molecule has 0 bridgehead atoms. The summed E-state index contributed by atoms with van der Waals surface area (Å²) in [6.45, 7) is 6.06. The van der Waals surface area contributed by atoms with E-state index in [9.17, 15) is 4.79 Å². The first kappa shape index (κ1) is 14.2. The molecule has 0 aromatic rings. The van der Waals surface area contributed by atoms with Crippen molar-refractivity contribution in [2.24, 2.45) is 10.8 Å². The first-order valence-corrected chi connectivity index (χ1v) is 6.96. The third-order valence-electron chi connectivity index (χ3n) is 4.29. The van der Waals surface area contributed by atoms with E-state index in [1.165, 1.54) is 0 Å². The number of carbonyl (C=O) groups is 1. The van der Waals surface area contributed by atoms with Crippen LogP contribution in [0.3, 0.4) is 0 Å². The number of Topliss-reactive ketones (excluding diaryl/α,β-unsaturated/α-hetero) is 1. The lowest BCUT2D eigenvalue weighted by Crippen LogP contribution is -2.49. The third kappa shape index (κ3) is 2.43. The van der Waals surface area contributed by atoms with E-state index in [-0.39, 0.29) is 11.2 Å². The Morgan fingerprint density at radius 1 is 1.32 bits per heavy atom. The van der Waals surface area contributed by atoms with Gasteiger partial charge in [0, 0.05) is 6.42 Å². The normalized spacial score (nSPS) is 36.4. The van der Waals surface area contributed by atoms with Gasteiger partial charge in [0.15, 0.2) is 5.78 Å². The van der Waals surface area contributed by atoms with E-state index in [0.717, 1.165) is 12.8 Å². The minimum absolute atomic E-state index is 0.0333. The van der Waals surface area contributed by atoms with Gasteiger partial charge in [-0.05, 0) is 31.6 Å². The van der Waals surface area contributed by atoms with Gasteiger partial charge in [-0.3, -0.25) is 4.79 Å². The van der Waals surface area contributed by atoms with Crippen LogP contribution in [0.4, 0.5) is 0 Å². The Bertz CT molecular complexity index is 558. The van der Waals surface area contributed by atoms with Crippen LogP contribution in [0.25, 0.3) is 0 Å². The van der Waals surface area contributed by atoms with Crippen LogP contribution in [0, 0.1) is 34.0 Å². The molecular weight excluding hydrogens is 258 g/mol. The molecule has 2 atom stereocenters. The van der Waals surface area contributed by atoms with Gasteiger partial charge in [0.1, 0.15) is 4.87 Å². The number of halogens is 1. The van der Waals surface area contributed by atoms with E-state index in [1.807, 2.05) is 13.0 Å². The van der Waals surface area contributed by atoms with Crippen LogP contribution in [-0.4, -0.2) is 10.7 Å². The fourth-order valence-corrected chi connectivity index (χ4v) is 2.72. The smallest absolute Gasteiger partial charge is 0.171 e. The van der Waals surface area contributed by atoms with Gasteiger partial charge in [0.25, 0.3) is 0 Å². The topological polar surface area (TPSA) is 40.9 Å². The predicted octanol–water partition coefficient (Wildman–Crippen LogP) is 3.61. The van der Waals surface area contributed by atoms with Gasteiger partial charge in [-0.25, -0.2) is 0 Å². The molecule has 2 aliphatic rings. The van der Waals surface area contributed by atoms with Crippen molar-refractivity contribution in [3.8, 4) is 17.9 Å². The molecule has 0 spiro atoms. The maximum absolute atomic E-state index is 12.0. The number of nitrogens with zero attached hydrogens (tertiary/aromatic N) is 1. The largest absolute Gasteiger partial charge is 0.293 e. The molecule has 0 heterocycles. The summed E-state index contributed by atoms with van der Waals surface area (Å²) in [6, 6.07) is 2.14. The van der Waals surface area contributed by atoms with Crippen LogP contribution in [0.15, 0.2) is 11.6 Å². The van der Waals surface area contributed by atoms with Crippen LogP contribution in [0.5, 0.6) is 0 Å². The number of rotatable bonds is 0. The molecule has 0 aliphatic heterocycles. The molecule has 2 nitrogen and oxygen atoms in total. The maximum atomic E-state index is 12.0. The molecule has 1 fully saturated rings. The predicted molar refractivity (Wildman–Crippen MR) is 75.4 cm³/mol. The summed E-state index contributed by atoms with van der Waals surface area (Å²) in [5.41, 5.74) is 0.118. The average molecular weight is 276 g/mol. The Balaban J connectivity index is 2.21. The van der Waals surface area contributed by atoms with Crippen molar-refractivity contribution in [1.82, 2.24) is 0 Å². The number of ketones is 1. The molecule has 0 aromatic heterocycles. The van der Waals surface area contributed by atoms with E-state index >= 15 is 0 Å². The van der Waals surface area contributed by atoms with Crippen molar-refractivity contribution in [3.63, 3.8) is 0 Å². The molecule has 3 heteroatoms. The minimum atomic E-state index is -0.891. The van der Waals surface area contributed by atoms with Crippen molar-refractivity contribution in [1.29, 1.82) is 5.26 Å². The molecule has 0 unspecified atom stereocenters. The van der Waals surface area contributed by atoms with Crippen LogP contribution < -0.4 is 0 Å². The molecule has 0 N–H and O–H groups in total. The zero-order chi connectivity index (χ0) is 14.3. The third-order valence-corrected chi connectivity index (χ3v) is 4.98. The number of alkyl halides is 1. The van der Waals surface area contributed by atoms with E-state index in [1.54, 1.807) is 0 Å². The molecule has 0 aromatic carbocycles. The van der Waals surface area contributed by atoms with Crippen molar-refractivity contribution in [3.05, 3.63) is 11.6 Å². The maximum Gasteiger partial charge on any atom is 0.171 e. The molecular formula is C16H18ClNO. The molecule has 1 saturated carbocycles. The Hall–Kier alpha value is -1.25. The fourth-order valence-electron chi connectivity index (χ4n) is 2.48. The monoisotopic (exact) mass is 275 g/mol. The van der Waals surface area contributed by atoms with Gasteiger partial charge in [-0.1, -0.05) is 31.8 Å². The summed E-state index contributed by atoms with van der Waals surface area (Å²) >= 11 is 6.23. The molecule has 19 heavy (non-hydrogen) atoms. The number of carbonyl (C=O) groups excluding carboxylic acids is 1. The van der Waals surface area contributed by atoms with Crippen molar-refractivity contribution >= 4 is 17.4 Å². The molecule has 100 valence electrons. The second-order valence-corrected chi connectivity index (χ2v) is 7.23. The highest BCUT2D eigenvalue weighted by Gasteiger charge is 2.55. The van der Waals surface area contributed by atoms with E-state index < -0.39 is 10.3 Å². The van der Waals surface area contributed by atoms with Crippen LogP contribution in [0.1, 0.15) is 46.5 Å². The molecule has 0 saturated heterocycles. The van der Waals surface area contributed by atoms with Gasteiger partial charge in [0.05, 0.1) is 17.1 Å². The summed E-state index contributed by atoms with van der Waals surface area (Å²) in [7, 11) is 0. The lowest BCUT2D eigenvalue weighted by Gasteiger charge is -2.45. The second-order valence-electron chi connectivity index (χ2n) is 6.58. The average Bonchev–Trinajstić information content (AvgIpc) is 2.34. The first-order chi connectivity index (χ1) is 8.71. The van der Waals surface area contributed by atoms with Crippen molar-refractivity contribution < 1.29 is 4.79 Å². The zero-order valence-corrected chi connectivity index (χ0v) is 12.4. The molecule has 2 aliphatic carbocycles. The van der Waals surface area contributed by atoms with Crippen LogP contribution in [0.2, 0.25) is 0 Å².